The molecule has 2 unspecified atom stereocenters. The van der Waals surface area contributed by atoms with Crippen LogP contribution in [0.4, 0.5) is 0 Å². The molecule has 1 aliphatic carbocycles. The lowest BCUT2D eigenvalue weighted by atomic mass is 9.85. The van der Waals surface area contributed by atoms with Crippen molar-refractivity contribution >= 4 is 5.97 Å². The Hall–Kier alpha value is -1.35. The standard InChI is InChI=1S/C18H27NO2/c1-18(2)12-7-10-15(11-13-18)19-16(17(20)21-3)14-8-5-4-6-9-14/h4-6,8-9,15-16,19H,7,10-13H2,1-3H3. The van der Waals surface area contributed by atoms with E-state index in [9.17, 15) is 4.79 Å². The van der Waals surface area contributed by atoms with E-state index in [1.807, 2.05) is 30.3 Å². The second kappa shape index (κ2) is 7.08. The molecule has 1 aliphatic rings. The SMILES string of the molecule is COC(=O)C(NC1CCCC(C)(C)CC1)c1ccccc1. The maximum atomic E-state index is 12.1. The average Bonchev–Trinajstić information content (AvgIpc) is 2.66. The first-order valence-corrected chi connectivity index (χ1v) is 7.91. The van der Waals surface area contributed by atoms with Gasteiger partial charge in [-0.2, -0.15) is 0 Å². The summed E-state index contributed by atoms with van der Waals surface area (Å²) in [4.78, 5) is 12.1. The van der Waals surface area contributed by atoms with Crippen molar-refractivity contribution in [2.45, 2.75) is 58.0 Å². The van der Waals surface area contributed by atoms with Gasteiger partial charge >= 0.3 is 5.97 Å². The molecule has 0 amide bonds. The van der Waals surface area contributed by atoms with Gasteiger partial charge in [0, 0.05) is 6.04 Å². The second-order valence-electron chi connectivity index (χ2n) is 6.83. The summed E-state index contributed by atoms with van der Waals surface area (Å²) in [5, 5.41) is 3.53. The highest BCUT2D eigenvalue weighted by molar-refractivity contribution is 5.77. The Morgan fingerprint density at radius 3 is 2.62 bits per heavy atom. The zero-order chi connectivity index (χ0) is 15.3. The van der Waals surface area contributed by atoms with Crippen LogP contribution in [0.15, 0.2) is 30.3 Å². The molecule has 1 saturated carbocycles. The van der Waals surface area contributed by atoms with Crippen LogP contribution in [0.3, 0.4) is 0 Å². The Balaban J connectivity index is 2.07. The zero-order valence-electron chi connectivity index (χ0n) is 13.4. The lowest BCUT2D eigenvalue weighted by molar-refractivity contribution is -0.143. The van der Waals surface area contributed by atoms with Crippen molar-refractivity contribution in [1.29, 1.82) is 0 Å². The van der Waals surface area contributed by atoms with Crippen LogP contribution in [-0.2, 0) is 9.53 Å². The average molecular weight is 289 g/mol. The van der Waals surface area contributed by atoms with E-state index in [4.69, 9.17) is 4.74 Å². The van der Waals surface area contributed by atoms with Crippen molar-refractivity contribution in [2.75, 3.05) is 7.11 Å². The molecule has 0 saturated heterocycles. The van der Waals surface area contributed by atoms with Crippen molar-refractivity contribution in [3.63, 3.8) is 0 Å². The highest BCUT2D eigenvalue weighted by atomic mass is 16.5. The molecule has 0 aliphatic heterocycles. The summed E-state index contributed by atoms with van der Waals surface area (Å²) < 4.78 is 4.98. The Bertz CT molecular complexity index is 456. The summed E-state index contributed by atoms with van der Waals surface area (Å²) in [7, 11) is 1.45. The minimum absolute atomic E-state index is 0.204. The van der Waals surface area contributed by atoms with Gasteiger partial charge in [-0.25, -0.2) is 4.79 Å². The van der Waals surface area contributed by atoms with Gasteiger partial charge in [-0.15, -0.1) is 0 Å². The molecule has 2 atom stereocenters. The Morgan fingerprint density at radius 2 is 1.95 bits per heavy atom. The van der Waals surface area contributed by atoms with Crippen molar-refractivity contribution in [1.82, 2.24) is 5.32 Å². The number of nitrogens with one attached hydrogen (secondary N) is 1. The van der Waals surface area contributed by atoms with Crippen LogP contribution >= 0.6 is 0 Å². The number of carbonyl (C=O) groups is 1. The number of esters is 1. The normalized spacial score (nSPS) is 23.1. The molecule has 3 heteroatoms. The number of hydrogen-bond acceptors (Lipinski definition) is 3. The third-order valence-electron chi connectivity index (χ3n) is 4.55. The summed E-state index contributed by atoms with van der Waals surface area (Å²) in [6.07, 6.45) is 5.93. The van der Waals surface area contributed by atoms with Crippen molar-refractivity contribution in [3.05, 3.63) is 35.9 Å². The summed E-state index contributed by atoms with van der Waals surface area (Å²) in [5.41, 5.74) is 1.40. The van der Waals surface area contributed by atoms with Crippen LogP contribution in [0.25, 0.3) is 0 Å². The number of methoxy groups -OCH3 is 1. The van der Waals surface area contributed by atoms with E-state index in [0.717, 1.165) is 18.4 Å². The predicted octanol–water partition coefficient (Wildman–Crippen LogP) is 3.85. The van der Waals surface area contributed by atoms with Crippen LogP contribution in [-0.4, -0.2) is 19.1 Å². The molecule has 116 valence electrons. The highest BCUT2D eigenvalue weighted by Crippen LogP contribution is 2.34. The van der Waals surface area contributed by atoms with Crippen molar-refractivity contribution < 1.29 is 9.53 Å². The molecule has 1 N–H and O–H groups in total. The number of carbonyl (C=O) groups excluding carboxylic acids is 1. The molecule has 0 spiro atoms. The largest absolute Gasteiger partial charge is 0.468 e. The minimum Gasteiger partial charge on any atom is -0.468 e. The predicted molar refractivity (Wildman–Crippen MR) is 85.0 cm³/mol. The molecule has 2 rings (SSSR count). The van der Waals surface area contributed by atoms with Crippen LogP contribution in [0.1, 0.15) is 57.6 Å². The van der Waals surface area contributed by atoms with Crippen molar-refractivity contribution in [3.8, 4) is 0 Å². The molecule has 1 fully saturated rings. The fourth-order valence-corrected chi connectivity index (χ4v) is 3.13. The summed E-state index contributed by atoms with van der Waals surface area (Å²) in [5.74, 6) is -0.204. The summed E-state index contributed by atoms with van der Waals surface area (Å²) in [6, 6.07) is 9.88. The molecule has 0 radical (unpaired) electrons. The van der Waals surface area contributed by atoms with Gasteiger partial charge in [0.1, 0.15) is 6.04 Å². The number of benzene rings is 1. The van der Waals surface area contributed by atoms with Gasteiger partial charge in [0.15, 0.2) is 0 Å². The third kappa shape index (κ3) is 4.57. The van der Waals surface area contributed by atoms with Crippen LogP contribution < -0.4 is 5.32 Å². The van der Waals surface area contributed by atoms with Gasteiger partial charge in [0.05, 0.1) is 7.11 Å². The molecule has 0 bridgehead atoms. The second-order valence-corrected chi connectivity index (χ2v) is 6.83. The van der Waals surface area contributed by atoms with E-state index in [-0.39, 0.29) is 12.0 Å². The first-order chi connectivity index (χ1) is 10.0. The van der Waals surface area contributed by atoms with E-state index in [1.54, 1.807) is 0 Å². The van der Waals surface area contributed by atoms with E-state index in [1.165, 1.54) is 26.4 Å². The van der Waals surface area contributed by atoms with Crippen molar-refractivity contribution in [2.24, 2.45) is 5.41 Å². The lowest BCUT2D eigenvalue weighted by Gasteiger charge is -2.25. The Morgan fingerprint density at radius 1 is 1.24 bits per heavy atom. The summed E-state index contributed by atoms with van der Waals surface area (Å²) in [6.45, 7) is 4.68. The van der Waals surface area contributed by atoms with Gasteiger partial charge in [0.25, 0.3) is 0 Å². The smallest absolute Gasteiger partial charge is 0.327 e. The first-order valence-electron chi connectivity index (χ1n) is 7.91. The lowest BCUT2D eigenvalue weighted by Crippen LogP contribution is -2.37. The molecular weight excluding hydrogens is 262 g/mol. The van der Waals surface area contributed by atoms with E-state index >= 15 is 0 Å². The van der Waals surface area contributed by atoms with E-state index in [0.29, 0.717) is 11.5 Å². The topological polar surface area (TPSA) is 38.3 Å². The first kappa shape index (κ1) is 16.0. The monoisotopic (exact) mass is 289 g/mol. The number of hydrogen-bond donors (Lipinski definition) is 1. The van der Waals surface area contributed by atoms with Gasteiger partial charge in [0.2, 0.25) is 0 Å². The molecule has 3 nitrogen and oxygen atoms in total. The van der Waals surface area contributed by atoms with Gasteiger partial charge in [-0.3, -0.25) is 5.32 Å². The Kier molecular flexibility index (Phi) is 5.40. The summed E-state index contributed by atoms with van der Waals surface area (Å²) >= 11 is 0. The third-order valence-corrected chi connectivity index (χ3v) is 4.55. The number of rotatable bonds is 4. The zero-order valence-corrected chi connectivity index (χ0v) is 13.4. The molecule has 0 heterocycles. The molecule has 1 aromatic rings. The van der Waals surface area contributed by atoms with E-state index < -0.39 is 0 Å². The molecular formula is C18H27NO2. The van der Waals surface area contributed by atoms with Crippen LogP contribution in [0.5, 0.6) is 0 Å². The maximum absolute atomic E-state index is 12.1. The molecule has 0 aromatic heterocycles. The van der Waals surface area contributed by atoms with Gasteiger partial charge < -0.3 is 4.74 Å². The minimum atomic E-state index is -0.359. The molecule has 21 heavy (non-hydrogen) atoms. The van der Waals surface area contributed by atoms with Gasteiger partial charge in [-0.05, 0) is 36.7 Å². The number of ether oxygens (including phenoxy) is 1. The fraction of sp³-hybridized carbons (Fsp3) is 0.611. The van der Waals surface area contributed by atoms with Crippen LogP contribution in [0, 0.1) is 5.41 Å². The van der Waals surface area contributed by atoms with Gasteiger partial charge in [-0.1, -0.05) is 50.6 Å². The molecule has 1 aromatic carbocycles. The van der Waals surface area contributed by atoms with E-state index in [2.05, 4.69) is 19.2 Å². The highest BCUT2D eigenvalue weighted by Gasteiger charge is 2.28. The maximum Gasteiger partial charge on any atom is 0.327 e. The quantitative estimate of drug-likeness (QED) is 0.676. The fourth-order valence-electron chi connectivity index (χ4n) is 3.13. The Labute approximate surface area is 128 Å². The van der Waals surface area contributed by atoms with Crippen LogP contribution in [0.2, 0.25) is 0 Å².